The van der Waals surface area contributed by atoms with E-state index in [2.05, 4.69) is 120 Å². The Hall–Kier alpha value is -1.43. The van der Waals surface area contributed by atoms with Gasteiger partial charge in [0.2, 0.25) is 0 Å². The van der Waals surface area contributed by atoms with Crippen molar-refractivity contribution in [2.24, 2.45) is 0 Å². The van der Waals surface area contributed by atoms with Crippen molar-refractivity contribution in [3.8, 4) is 0 Å². The minimum absolute atomic E-state index is 0.493. The summed E-state index contributed by atoms with van der Waals surface area (Å²) in [5.41, 5.74) is 8.61. The first-order valence-corrected chi connectivity index (χ1v) is 12.2. The molecule has 1 aliphatic heterocycles. The van der Waals surface area contributed by atoms with Crippen molar-refractivity contribution in [3.05, 3.63) is 58.7 Å². The molecule has 166 valence electrons. The second-order valence-corrected chi connectivity index (χ2v) is 10.4. The first kappa shape index (κ1) is 23.2. The molecule has 3 rings (SSSR count). The van der Waals surface area contributed by atoms with Crippen LogP contribution in [0.25, 0.3) is 0 Å². The fourth-order valence-electron chi connectivity index (χ4n) is 4.82. The Morgan fingerprint density at radius 2 is 0.967 bits per heavy atom. The van der Waals surface area contributed by atoms with Gasteiger partial charge in [0.1, 0.15) is 0 Å². The molecule has 0 aliphatic carbocycles. The first-order chi connectivity index (χ1) is 14.1. The van der Waals surface area contributed by atoms with E-state index in [9.17, 15) is 0 Å². The van der Waals surface area contributed by atoms with Gasteiger partial charge in [-0.25, -0.2) is 0 Å². The van der Waals surface area contributed by atoms with E-state index >= 15 is 0 Å². The number of hydrogen-bond donors (Lipinski definition) is 0. The molecule has 1 heterocycles. The topological polar surface area (TPSA) is 6.48 Å². The van der Waals surface area contributed by atoms with Gasteiger partial charge in [-0.2, -0.15) is 0 Å². The summed E-state index contributed by atoms with van der Waals surface area (Å²) < 4.78 is 1.20. The molecule has 1 aliphatic rings. The van der Waals surface area contributed by atoms with Gasteiger partial charge in [-0.3, -0.25) is 0 Å². The Morgan fingerprint density at radius 3 is 1.27 bits per heavy atom. The standard InChI is InChI=1S/C27H38N2.Pd/c1-18(2)22-11-9-13-24(26(22)20(5)6)28-15-16-29(17-28)25-14-10-12-23(19(3)4)27(25)21(7)8;/h9-14,18-21H,15-16H2,1-8H3;. The Kier molecular flexibility index (Phi) is 7.26. The molecule has 2 nitrogen and oxygen atoms in total. The van der Waals surface area contributed by atoms with E-state index in [1.165, 1.54) is 37.9 Å². The summed E-state index contributed by atoms with van der Waals surface area (Å²) in [6.45, 7) is 20.5. The maximum absolute atomic E-state index is 3.66. The van der Waals surface area contributed by atoms with Gasteiger partial charge in [0.15, 0.2) is 0 Å². The summed E-state index contributed by atoms with van der Waals surface area (Å²) in [6.07, 6.45) is 0. The Morgan fingerprint density at radius 1 is 0.600 bits per heavy atom. The molecule has 0 saturated carbocycles. The molecule has 2 aromatic rings. The van der Waals surface area contributed by atoms with Crippen LogP contribution in [-0.2, 0) is 18.7 Å². The fourth-order valence-corrected chi connectivity index (χ4v) is 5.54. The van der Waals surface area contributed by atoms with Crippen LogP contribution in [0.1, 0.15) is 101 Å². The fraction of sp³-hybridized carbons (Fsp3) is 0.519. The van der Waals surface area contributed by atoms with E-state index in [1.54, 1.807) is 0 Å². The van der Waals surface area contributed by atoms with E-state index in [-0.39, 0.29) is 0 Å². The normalized spacial score (nSPS) is 14.9. The first-order valence-electron chi connectivity index (χ1n) is 11.4. The second kappa shape index (κ2) is 9.37. The van der Waals surface area contributed by atoms with Crippen LogP contribution < -0.4 is 9.80 Å². The van der Waals surface area contributed by atoms with E-state index < -0.39 is 0 Å². The minimum atomic E-state index is 0.493. The van der Waals surface area contributed by atoms with Crippen LogP contribution in [0.2, 0.25) is 0 Å². The van der Waals surface area contributed by atoms with Gasteiger partial charge in [-0.1, -0.05) is 0 Å². The molecule has 0 N–H and O–H groups in total. The quantitative estimate of drug-likeness (QED) is 0.392. The molecule has 1 fully saturated rings. The van der Waals surface area contributed by atoms with Crippen molar-refractivity contribution in [1.29, 1.82) is 0 Å². The van der Waals surface area contributed by atoms with Crippen LogP contribution in [0.3, 0.4) is 0 Å². The van der Waals surface area contributed by atoms with Gasteiger partial charge in [0.25, 0.3) is 0 Å². The Labute approximate surface area is 194 Å². The van der Waals surface area contributed by atoms with Crippen LogP contribution >= 0.6 is 0 Å². The molecule has 0 radical (unpaired) electrons. The molecule has 30 heavy (non-hydrogen) atoms. The van der Waals surface area contributed by atoms with Crippen molar-refractivity contribution >= 4 is 15.6 Å². The molecule has 0 bridgehead atoms. The van der Waals surface area contributed by atoms with Crippen LogP contribution in [-0.4, -0.2) is 17.3 Å². The number of hydrogen-bond acceptors (Lipinski definition) is 2. The summed E-state index contributed by atoms with van der Waals surface area (Å²) >= 11 is 3.66. The average molecular weight is 497 g/mol. The Balaban J connectivity index is 2.05. The zero-order valence-electron chi connectivity index (χ0n) is 19.9. The molecule has 0 amide bonds. The van der Waals surface area contributed by atoms with Crippen LogP contribution in [0.5, 0.6) is 0 Å². The average Bonchev–Trinajstić information content (AvgIpc) is 3.07. The van der Waals surface area contributed by atoms with Crippen molar-refractivity contribution in [2.75, 3.05) is 22.9 Å². The van der Waals surface area contributed by atoms with Gasteiger partial charge in [-0.15, -0.1) is 0 Å². The van der Waals surface area contributed by atoms with Crippen LogP contribution in [0.4, 0.5) is 11.4 Å². The van der Waals surface area contributed by atoms with Gasteiger partial charge >= 0.3 is 195 Å². The van der Waals surface area contributed by atoms with E-state index in [1.807, 2.05) is 0 Å². The summed E-state index contributed by atoms with van der Waals surface area (Å²) in [6, 6.07) is 13.7. The van der Waals surface area contributed by atoms with Crippen molar-refractivity contribution in [2.45, 2.75) is 79.1 Å². The van der Waals surface area contributed by atoms with Gasteiger partial charge < -0.3 is 0 Å². The van der Waals surface area contributed by atoms with Crippen molar-refractivity contribution in [3.63, 3.8) is 0 Å². The third-order valence-electron chi connectivity index (χ3n) is 6.17. The van der Waals surface area contributed by atoms with Crippen LogP contribution in [0, 0.1) is 0 Å². The number of nitrogens with zero attached hydrogens (tertiary/aromatic N) is 2. The summed E-state index contributed by atoms with van der Waals surface area (Å²) in [4.78, 5) is 4.96. The second-order valence-electron chi connectivity index (χ2n) is 9.72. The maximum atomic E-state index is 3.66. The van der Waals surface area contributed by atoms with Gasteiger partial charge in [-0.05, 0) is 0 Å². The van der Waals surface area contributed by atoms with Gasteiger partial charge in [0.05, 0.1) is 0 Å². The van der Waals surface area contributed by atoms with Gasteiger partial charge in [0, 0.05) is 0 Å². The number of rotatable bonds is 6. The molecular formula is C27H38N2Pd. The van der Waals surface area contributed by atoms with Crippen molar-refractivity contribution < 1.29 is 18.7 Å². The summed E-state index contributed by atoms with van der Waals surface area (Å²) in [5, 5.41) is 0. The van der Waals surface area contributed by atoms with Crippen LogP contribution in [0.15, 0.2) is 36.4 Å². The third kappa shape index (κ3) is 4.30. The molecule has 0 atom stereocenters. The molecule has 0 aromatic heterocycles. The number of anilines is 2. The predicted octanol–water partition coefficient (Wildman–Crippen LogP) is 7.14. The zero-order chi connectivity index (χ0) is 22.2. The third-order valence-corrected chi connectivity index (χ3v) is 7.01. The van der Waals surface area contributed by atoms with E-state index in [4.69, 9.17) is 0 Å². The molecule has 2 aromatic carbocycles. The van der Waals surface area contributed by atoms with E-state index in [0.29, 0.717) is 23.7 Å². The Bertz CT molecular complexity index is 838. The van der Waals surface area contributed by atoms with Crippen molar-refractivity contribution in [1.82, 2.24) is 0 Å². The summed E-state index contributed by atoms with van der Waals surface area (Å²) in [7, 11) is 0. The number of benzene rings is 2. The molecule has 0 unspecified atom stereocenters. The van der Waals surface area contributed by atoms with E-state index in [0.717, 1.165) is 13.1 Å². The molecular weight excluding hydrogens is 459 g/mol. The SMILES string of the molecule is CC(C)c1cccc(N2CCN(c3cccc(C(C)C)c3C(C)C)[C]2=[Pd])c1C(C)C. The molecule has 3 heteroatoms. The monoisotopic (exact) mass is 496 g/mol. The summed E-state index contributed by atoms with van der Waals surface area (Å²) in [5.74, 6) is 2.04. The predicted molar refractivity (Wildman–Crippen MR) is 129 cm³/mol. The zero-order valence-corrected chi connectivity index (χ0v) is 21.5. The molecule has 1 saturated heterocycles. The molecule has 0 spiro atoms.